The zero-order valence-corrected chi connectivity index (χ0v) is 10.4. The SMILES string of the molecule is O=C1C(Br)CCCN1C1CCC(O)CC1. The van der Waals surface area contributed by atoms with Gasteiger partial charge in [-0.15, -0.1) is 0 Å². The molecule has 1 heterocycles. The molecule has 15 heavy (non-hydrogen) atoms. The molecule has 1 aliphatic heterocycles. The predicted octanol–water partition coefficient (Wildman–Crippen LogP) is 1.68. The van der Waals surface area contributed by atoms with Crippen molar-refractivity contribution in [3.63, 3.8) is 0 Å². The summed E-state index contributed by atoms with van der Waals surface area (Å²) >= 11 is 3.43. The Morgan fingerprint density at radius 3 is 2.53 bits per heavy atom. The van der Waals surface area contributed by atoms with E-state index in [1.807, 2.05) is 4.90 Å². The lowest BCUT2D eigenvalue weighted by molar-refractivity contribution is -0.136. The predicted molar refractivity (Wildman–Crippen MR) is 61.9 cm³/mol. The number of carbonyl (C=O) groups is 1. The average molecular weight is 276 g/mol. The zero-order chi connectivity index (χ0) is 10.8. The fraction of sp³-hybridized carbons (Fsp3) is 0.909. The average Bonchev–Trinajstić information content (AvgIpc) is 2.24. The first-order valence-electron chi connectivity index (χ1n) is 5.81. The molecule has 2 fully saturated rings. The molecular formula is C11H18BrNO2. The Balaban J connectivity index is 1.94. The summed E-state index contributed by atoms with van der Waals surface area (Å²) < 4.78 is 0. The third-order valence-corrected chi connectivity index (χ3v) is 4.36. The maximum atomic E-state index is 11.9. The fourth-order valence-corrected chi connectivity index (χ4v) is 3.17. The van der Waals surface area contributed by atoms with Crippen LogP contribution in [-0.4, -0.2) is 39.4 Å². The van der Waals surface area contributed by atoms with E-state index < -0.39 is 0 Å². The number of aliphatic hydroxyl groups is 1. The van der Waals surface area contributed by atoms with Crippen molar-refractivity contribution in [2.75, 3.05) is 6.54 Å². The highest BCUT2D eigenvalue weighted by molar-refractivity contribution is 9.10. The summed E-state index contributed by atoms with van der Waals surface area (Å²) in [5.74, 6) is 0.252. The number of rotatable bonds is 1. The lowest BCUT2D eigenvalue weighted by atomic mass is 9.91. The Hall–Kier alpha value is -0.0900. The number of hydrogen-bond acceptors (Lipinski definition) is 2. The number of likely N-dealkylation sites (tertiary alicyclic amines) is 1. The molecule has 1 amide bonds. The van der Waals surface area contributed by atoms with Crippen molar-refractivity contribution >= 4 is 21.8 Å². The Kier molecular flexibility index (Phi) is 3.67. The molecule has 0 radical (unpaired) electrons. The number of alkyl halides is 1. The summed E-state index contributed by atoms with van der Waals surface area (Å²) in [6.07, 6.45) is 5.55. The van der Waals surface area contributed by atoms with Gasteiger partial charge >= 0.3 is 0 Å². The summed E-state index contributed by atoms with van der Waals surface area (Å²) in [6, 6.07) is 0.376. The van der Waals surface area contributed by atoms with E-state index in [0.29, 0.717) is 6.04 Å². The van der Waals surface area contributed by atoms with Crippen molar-refractivity contribution < 1.29 is 9.90 Å². The van der Waals surface area contributed by atoms with Crippen molar-refractivity contribution in [1.29, 1.82) is 0 Å². The van der Waals surface area contributed by atoms with Crippen molar-refractivity contribution in [2.45, 2.75) is 55.5 Å². The standard InChI is InChI=1S/C11H18BrNO2/c12-10-2-1-7-13(11(10)15)8-3-5-9(14)6-4-8/h8-10,14H,1-7H2. The third-order valence-electron chi connectivity index (χ3n) is 3.51. The molecule has 1 aliphatic carbocycles. The molecule has 3 nitrogen and oxygen atoms in total. The van der Waals surface area contributed by atoms with Crippen LogP contribution in [0, 0.1) is 0 Å². The van der Waals surface area contributed by atoms with Gasteiger partial charge in [0.15, 0.2) is 0 Å². The Morgan fingerprint density at radius 1 is 1.20 bits per heavy atom. The van der Waals surface area contributed by atoms with E-state index in [2.05, 4.69) is 15.9 Å². The van der Waals surface area contributed by atoms with Gasteiger partial charge in [0.2, 0.25) is 5.91 Å². The summed E-state index contributed by atoms with van der Waals surface area (Å²) in [4.78, 5) is 14.0. The fourth-order valence-electron chi connectivity index (χ4n) is 2.59. The highest BCUT2D eigenvalue weighted by Crippen LogP contribution is 2.28. The lowest BCUT2D eigenvalue weighted by Gasteiger charge is -2.39. The van der Waals surface area contributed by atoms with E-state index in [1.165, 1.54) is 0 Å². The number of halogens is 1. The second kappa shape index (κ2) is 4.83. The maximum Gasteiger partial charge on any atom is 0.236 e. The quantitative estimate of drug-likeness (QED) is 0.740. The first kappa shape index (κ1) is 11.4. The first-order valence-corrected chi connectivity index (χ1v) is 6.72. The van der Waals surface area contributed by atoms with Crippen LogP contribution in [0.2, 0.25) is 0 Å². The van der Waals surface area contributed by atoms with Gasteiger partial charge in [0.05, 0.1) is 10.9 Å². The zero-order valence-electron chi connectivity index (χ0n) is 8.86. The van der Waals surface area contributed by atoms with Gasteiger partial charge in [-0.3, -0.25) is 4.79 Å². The molecular weight excluding hydrogens is 258 g/mol. The summed E-state index contributed by atoms with van der Waals surface area (Å²) in [7, 11) is 0. The molecule has 86 valence electrons. The topological polar surface area (TPSA) is 40.5 Å². The van der Waals surface area contributed by atoms with Crippen LogP contribution in [0.5, 0.6) is 0 Å². The van der Waals surface area contributed by atoms with Gasteiger partial charge in [0, 0.05) is 12.6 Å². The van der Waals surface area contributed by atoms with Gasteiger partial charge in [-0.05, 0) is 38.5 Å². The minimum absolute atomic E-state index is 0.0260. The second-order valence-electron chi connectivity index (χ2n) is 4.60. The van der Waals surface area contributed by atoms with E-state index in [9.17, 15) is 9.90 Å². The van der Waals surface area contributed by atoms with Gasteiger partial charge < -0.3 is 10.0 Å². The van der Waals surface area contributed by atoms with Crippen molar-refractivity contribution in [3.05, 3.63) is 0 Å². The van der Waals surface area contributed by atoms with E-state index in [1.54, 1.807) is 0 Å². The number of nitrogens with zero attached hydrogens (tertiary/aromatic N) is 1. The number of aliphatic hydroxyl groups excluding tert-OH is 1. The molecule has 2 aliphatic rings. The number of piperidine rings is 1. The second-order valence-corrected chi connectivity index (χ2v) is 5.71. The molecule has 0 bridgehead atoms. The van der Waals surface area contributed by atoms with E-state index in [4.69, 9.17) is 0 Å². The van der Waals surface area contributed by atoms with Crippen LogP contribution in [0.25, 0.3) is 0 Å². The van der Waals surface area contributed by atoms with Gasteiger partial charge in [-0.25, -0.2) is 0 Å². The molecule has 0 aromatic rings. The van der Waals surface area contributed by atoms with Gasteiger partial charge in [-0.2, -0.15) is 0 Å². The molecule has 1 atom stereocenters. The smallest absolute Gasteiger partial charge is 0.236 e. The van der Waals surface area contributed by atoms with Crippen molar-refractivity contribution in [1.82, 2.24) is 4.90 Å². The molecule has 4 heteroatoms. The molecule has 1 unspecified atom stereocenters. The first-order chi connectivity index (χ1) is 7.18. The van der Waals surface area contributed by atoms with Crippen LogP contribution in [0.1, 0.15) is 38.5 Å². The number of amides is 1. The number of hydrogen-bond donors (Lipinski definition) is 1. The van der Waals surface area contributed by atoms with E-state index in [-0.39, 0.29) is 16.8 Å². The lowest BCUT2D eigenvalue weighted by Crippen LogP contribution is -2.49. The molecule has 1 N–H and O–H groups in total. The largest absolute Gasteiger partial charge is 0.393 e. The highest BCUT2D eigenvalue weighted by atomic mass is 79.9. The van der Waals surface area contributed by atoms with Gasteiger partial charge in [0.1, 0.15) is 0 Å². The normalized spacial score (nSPS) is 38.1. The highest BCUT2D eigenvalue weighted by Gasteiger charge is 2.33. The molecule has 0 aromatic heterocycles. The third kappa shape index (κ3) is 2.53. The van der Waals surface area contributed by atoms with Crippen LogP contribution in [0.15, 0.2) is 0 Å². The molecule has 1 saturated carbocycles. The minimum Gasteiger partial charge on any atom is -0.393 e. The monoisotopic (exact) mass is 275 g/mol. The van der Waals surface area contributed by atoms with Crippen molar-refractivity contribution in [3.8, 4) is 0 Å². The van der Waals surface area contributed by atoms with Crippen LogP contribution in [0.4, 0.5) is 0 Å². The molecule has 0 aromatic carbocycles. The Morgan fingerprint density at radius 2 is 1.87 bits per heavy atom. The van der Waals surface area contributed by atoms with Gasteiger partial charge in [0.25, 0.3) is 0 Å². The minimum atomic E-state index is -0.138. The van der Waals surface area contributed by atoms with Crippen molar-refractivity contribution in [2.24, 2.45) is 0 Å². The number of carbonyl (C=O) groups excluding carboxylic acids is 1. The molecule has 2 rings (SSSR count). The maximum absolute atomic E-state index is 11.9. The van der Waals surface area contributed by atoms with Gasteiger partial charge in [-0.1, -0.05) is 15.9 Å². The van der Waals surface area contributed by atoms with Crippen LogP contribution in [-0.2, 0) is 4.79 Å². The summed E-state index contributed by atoms with van der Waals surface area (Å²) in [5.41, 5.74) is 0. The molecule has 1 saturated heterocycles. The Bertz CT molecular complexity index is 239. The summed E-state index contributed by atoms with van der Waals surface area (Å²) in [6.45, 7) is 0.904. The van der Waals surface area contributed by atoms with Crippen LogP contribution < -0.4 is 0 Å². The summed E-state index contributed by atoms with van der Waals surface area (Å²) in [5, 5.41) is 9.43. The molecule has 0 spiro atoms. The van der Waals surface area contributed by atoms with E-state index in [0.717, 1.165) is 45.1 Å². The van der Waals surface area contributed by atoms with E-state index >= 15 is 0 Å². The van der Waals surface area contributed by atoms with Crippen LogP contribution in [0.3, 0.4) is 0 Å². The Labute approximate surface area is 99.0 Å². The van der Waals surface area contributed by atoms with Crippen LogP contribution >= 0.6 is 15.9 Å².